The molecule has 0 bridgehead atoms. The normalized spacial score (nSPS) is 10.7. The van der Waals surface area contributed by atoms with Crippen LogP contribution in [0.4, 0.5) is 11.4 Å². The highest BCUT2D eigenvalue weighted by Gasteiger charge is 2.17. The van der Waals surface area contributed by atoms with Crippen molar-refractivity contribution < 1.29 is 9.85 Å². The number of non-ortho nitro benzene ring substituents is 1. The standard InChI is InChI=1S/C14H9BrN2O4/c15-13-4-2-1-3-10(13)5-6-11-7-8-12(16(18)19)9-14(11)17(20)21/h1-9H/b6-5+. The van der Waals surface area contributed by atoms with Gasteiger partial charge in [-0.05, 0) is 23.8 Å². The van der Waals surface area contributed by atoms with E-state index in [4.69, 9.17) is 0 Å². The Bertz CT molecular complexity index is 744. The molecular weight excluding hydrogens is 340 g/mol. The van der Waals surface area contributed by atoms with E-state index >= 15 is 0 Å². The van der Waals surface area contributed by atoms with Crippen LogP contribution in [-0.4, -0.2) is 9.85 Å². The molecule has 0 fully saturated rings. The van der Waals surface area contributed by atoms with Gasteiger partial charge in [-0.3, -0.25) is 20.2 Å². The van der Waals surface area contributed by atoms with Crippen LogP contribution in [0.5, 0.6) is 0 Å². The van der Waals surface area contributed by atoms with E-state index < -0.39 is 9.85 Å². The molecule has 0 atom stereocenters. The monoisotopic (exact) mass is 348 g/mol. The number of nitro benzene ring substituents is 2. The lowest BCUT2D eigenvalue weighted by Gasteiger charge is -1.99. The van der Waals surface area contributed by atoms with Crippen molar-refractivity contribution in [3.05, 3.63) is 78.3 Å². The smallest absolute Gasteiger partial charge is 0.258 e. The van der Waals surface area contributed by atoms with Gasteiger partial charge >= 0.3 is 0 Å². The fraction of sp³-hybridized carbons (Fsp3) is 0. The summed E-state index contributed by atoms with van der Waals surface area (Å²) in [4.78, 5) is 20.4. The molecule has 106 valence electrons. The maximum Gasteiger partial charge on any atom is 0.283 e. The maximum atomic E-state index is 11.0. The van der Waals surface area contributed by atoms with Gasteiger partial charge in [0.1, 0.15) is 0 Å². The average molecular weight is 349 g/mol. The maximum absolute atomic E-state index is 11.0. The number of hydrogen-bond donors (Lipinski definition) is 0. The number of hydrogen-bond acceptors (Lipinski definition) is 4. The van der Waals surface area contributed by atoms with Gasteiger partial charge in [0.2, 0.25) is 0 Å². The quantitative estimate of drug-likeness (QED) is 0.464. The predicted octanol–water partition coefficient (Wildman–Crippen LogP) is 4.44. The molecule has 0 amide bonds. The molecule has 2 aromatic rings. The lowest BCUT2D eigenvalue weighted by Crippen LogP contribution is -1.94. The molecule has 0 saturated carbocycles. The topological polar surface area (TPSA) is 86.3 Å². The Labute approximate surface area is 128 Å². The summed E-state index contributed by atoms with van der Waals surface area (Å²) in [5.74, 6) is 0. The fourth-order valence-corrected chi connectivity index (χ4v) is 2.15. The second-order valence-corrected chi connectivity index (χ2v) is 4.97. The summed E-state index contributed by atoms with van der Waals surface area (Å²) in [6.07, 6.45) is 3.26. The van der Waals surface area contributed by atoms with Crippen molar-refractivity contribution in [2.24, 2.45) is 0 Å². The zero-order chi connectivity index (χ0) is 15.4. The van der Waals surface area contributed by atoms with Crippen molar-refractivity contribution in [1.29, 1.82) is 0 Å². The van der Waals surface area contributed by atoms with Crippen LogP contribution < -0.4 is 0 Å². The van der Waals surface area contributed by atoms with Crippen molar-refractivity contribution >= 4 is 39.5 Å². The molecule has 0 radical (unpaired) electrons. The molecule has 21 heavy (non-hydrogen) atoms. The third kappa shape index (κ3) is 3.51. The van der Waals surface area contributed by atoms with E-state index in [2.05, 4.69) is 15.9 Å². The highest BCUT2D eigenvalue weighted by molar-refractivity contribution is 9.10. The number of halogens is 1. The highest BCUT2D eigenvalue weighted by atomic mass is 79.9. The first-order chi connectivity index (χ1) is 9.99. The van der Waals surface area contributed by atoms with E-state index in [0.29, 0.717) is 5.56 Å². The van der Waals surface area contributed by atoms with Crippen molar-refractivity contribution in [3.8, 4) is 0 Å². The number of nitrogens with zero attached hydrogens (tertiary/aromatic N) is 2. The van der Waals surface area contributed by atoms with Gasteiger partial charge < -0.3 is 0 Å². The van der Waals surface area contributed by atoms with Gasteiger partial charge in [0.05, 0.1) is 21.5 Å². The van der Waals surface area contributed by atoms with Crippen LogP contribution in [0.15, 0.2) is 46.9 Å². The number of benzene rings is 2. The third-order valence-electron chi connectivity index (χ3n) is 2.77. The molecule has 2 rings (SSSR count). The molecule has 0 aromatic heterocycles. The van der Waals surface area contributed by atoms with Crippen LogP contribution in [-0.2, 0) is 0 Å². The summed E-state index contributed by atoms with van der Waals surface area (Å²) in [6.45, 7) is 0. The molecule has 0 N–H and O–H groups in total. The van der Waals surface area contributed by atoms with Crippen LogP contribution in [0.25, 0.3) is 12.2 Å². The molecule has 7 heteroatoms. The predicted molar refractivity (Wildman–Crippen MR) is 82.8 cm³/mol. The van der Waals surface area contributed by atoms with E-state index in [1.54, 1.807) is 12.2 Å². The van der Waals surface area contributed by atoms with E-state index in [0.717, 1.165) is 16.1 Å². The van der Waals surface area contributed by atoms with E-state index in [9.17, 15) is 20.2 Å². The van der Waals surface area contributed by atoms with Crippen LogP contribution in [0.3, 0.4) is 0 Å². The largest absolute Gasteiger partial charge is 0.283 e. The minimum Gasteiger partial charge on any atom is -0.258 e. The molecular formula is C14H9BrN2O4. The molecule has 6 nitrogen and oxygen atoms in total. The van der Waals surface area contributed by atoms with Crippen molar-refractivity contribution in [1.82, 2.24) is 0 Å². The van der Waals surface area contributed by atoms with Crippen LogP contribution in [0.2, 0.25) is 0 Å². The Morgan fingerprint density at radius 2 is 1.57 bits per heavy atom. The molecule has 0 unspecified atom stereocenters. The number of nitro groups is 2. The lowest BCUT2D eigenvalue weighted by atomic mass is 10.1. The van der Waals surface area contributed by atoms with Gasteiger partial charge in [-0.2, -0.15) is 0 Å². The zero-order valence-corrected chi connectivity index (χ0v) is 12.2. The van der Waals surface area contributed by atoms with Crippen LogP contribution >= 0.6 is 15.9 Å². The molecule has 0 aliphatic heterocycles. The van der Waals surface area contributed by atoms with E-state index in [1.165, 1.54) is 12.1 Å². The van der Waals surface area contributed by atoms with Crippen molar-refractivity contribution in [3.63, 3.8) is 0 Å². The molecule has 0 spiro atoms. The van der Waals surface area contributed by atoms with Crippen LogP contribution in [0, 0.1) is 20.2 Å². The lowest BCUT2D eigenvalue weighted by molar-refractivity contribution is -0.394. The Kier molecular flexibility index (Phi) is 4.44. The second-order valence-electron chi connectivity index (χ2n) is 4.11. The van der Waals surface area contributed by atoms with E-state index in [-0.39, 0.29) is 11.4 Å². The second kappa shape index (κ2) is 6.27. The summed E-state index contributed by atoms with van der Waals surface area (Å²) >= 11 is 3.37. The summed E-state index contributed by atoms with van der Waals surface area (Å²) in [5.41, 5.74) is 0.554. The summed E-state index contributed by atoms with van der Waals surface area (Å²) in [7, 11) is 0. The summed E-state index contributed by atoms with van der Waals surface area (Å²) < 4.78 is 0.853. The SMILES string of the molecule is O=[N+]([O-])c1ccc(/C=C/c2ccccc2Br)c([N+](=O)[O-])c1. The first kappa shape index (κ1) is 14.9. The third-order valence-corrected chi connectivity index (χ3v) is 3.49. The van der Waals surface area contributed by atoms with Crippen molar-refractivity contribution in [2.45, 2.75) is 0 Å². The Balaban J connectivity index is 2.42. The van der Waals surface area contributed by atoms with Gasteiger partial charge in [-0.1, -0.05) is 40.2 Å². The van der Waals surface area contributed by atoms with Crippen LogP contribution in [0.1, 0.15) is 11.1 Å². The summed E-state index contributed by atoms with van der Waals surface area (Å²) in [5, 5.41) is 21.7. The van der Waals surface area contributed by atoms with Crippen molar-refractivity contribution in [2.75, 3.05) is 0 Å². The summed E-state index contributed by atoms with van der Waals surface area (Å²) in [6, 6.07) is 11.0. The Hall–Kier alpha value is -2.54. The molecule has 0 aliphatic carbocycles. The van der Waals surface area contributed by atoms with Gasteiger partial charge in [0.15, 0.2) is 0 Å². The highest BCUT2D eigenvalue weighted by Crippen LogP contribution is 2.27. The number of rotatable bonds is 4. The molecule has 0 saturated heterocycles. The van der Waals surface area contributed by atoms with Gasteiger partial charge in [-0.15, -0.1) is 0 Å². The van der Waals surface area contributed by atoms with Gasteiger partial charge in [0.25, 0.3) is 11.4 Å². The molecule has 2 aromatic carbocycles. The van der Waals surface area contributed by atoms with Gasteiger partial charge in [0, 0.05) is 10.5 Å². The minimum atomic E-state index is -0.658. The zero-order valence-electron chi connectivity index (χ0n) is 10.6. The Morgan fingerprint density at radius 3 is 2.19 bits per heavy atom. The first-order valence-corrected chi connectivity index (χ1v) is 6.64. The molecule has 0 heterocycles. The fourth-order valence-electron chi connectivity index (χ4n) is 1.73. The van der Waals surface area contributed by atoms with Gasteiger partial charge in [-0.25, -0.2) is 0 Å². The first-order valence-electron chi connectivity index (χ1n) is 5.84. The van der Waals surface area contributed by atoms with E-state index in [1.807, 2.05) is 24.3 Å². The minimum absolute atomic E-state index is 0.299. The Morgan fingerprint density at radius 1 is 0.905 bits per heavy atom. The molecule has 0 aliphatic rings. The average Bonchev–Trinajstić information content (AvgIpc) is 2.46.